The van der Waals surface area contributed by atoms with E-state index in [4.69, 9.17) is 4.74 Å². The van der Waals surface area contributed by atoms with E-state index in [-0.39, 0.29) is 18.3 Å². The first-order valence-electron chi connectivity index (χ1n) is 7.74. The minimum absolute atomic E-state index is 0.120. The van der Waals surface area contributed by atoms with E-state index in [9.17, 15) is 9.59 Å². The fraction of sp³-hybridized carbons (Fsp3) is 0.263. The first-order chi connectivity index (χ1) is 11.0. The van der Waals surface area contributed by atoms with Crippen molar-refractivity contribution in [2.45, 2.75) is 32.3 Å². The molecule has 1 heterocycles. The van der Waals surface area contributed by atoms with Crippen molar-refractivity contribution in [2.24, 2.45) is 0 Å². The van der Waals surface area contributed by atoms with E-state index in [1.54, 1.807) is 12.1 Å². The molecular formula is C19H19NO3. The van der Waals surface area contributed by atoms with Crippen molar-refractivity contribution in [3.8, 4) is 0 Å². The van der Waals surface area contributed by atoms with Crippen molar-refractivity contribution in [1.29, 1.82) is 0 Å². The Morgan fingerprint density at radius 2 is 1.96 bits per heavy atom. The van der Waals surface area contributed by atoms with Crippen LogP contribution in [0.5, 0.6) is 0 Å². The van der Waals surface area contributed by atoms with E-state index in [1.165, 1.54) is 5.56 Å². The summed E-state index contributed by atoms with van der Waals surface area (Å²) in [6.07, 6.45) is -0.388. The molecule has 2 aromatic carbocycles. The summed E-state index contributed by atoms with van der Waals surface area (Å²) in [5.74, 6) is -0.130. The molecule has 1 aliphatic rings. The minimum atomic E-state index is -0.507. The van der Waals surface area contributed by atoms with Crippen LogP contribution in [0.2, 0.25) is 0 Å². The van der Waals surface area contributed by atoms with Crippen molar-refractivity contribution >= 4 is 17.6 Å². The summed E-state index contributed by atoms with van der Waals surface area (Å²) in [6.45, 7) is 4.21. The van der Waals surface area contributed by atoms with Gasteiger partial charge < -0.3 is 10.1 Å². The van der Waals surface area contributed by atoms with Crippen molar-refractivity contribution in [3.05, 3.63) is 65.2 Å². The average molecular weight is 309 g/mol. The monoisotopic (exact) mass is 309 g/mol. The van der Waals surface area contributed by atoms with Gasteiger partial charge in [0.1, 0.15) is 6.10 Å². The van der Waals surface area contributed by atoms with Crippen LogP contribution >= 0.6 is 0 Å². The zero-order chi connectivity index (χ0) is 16.4. The third kappa shape index (κ3) is 3.26. The van der Waals surface area contributed by atoms with Gasteiger partial charge >= 0.3 is 5.97 Å². The molecule has 0 unspecified atom stereocenters. The van der Waals surface area contributed by atoms with Gasteiger partial charge in [-0.15, -0.1) is 0 Å². The highest BCUT2D eigenvalue weighted by atomic mass is 16.5. The van der Waals surface area contributed by atoms with Gasteiger partial charge in [0.2, 0.25) is 5.91 Å². The lowest BCUT2D eigenvalue weighted by Gasteiger charge is -2.12. The van der Waals surface area contributed by atoms with E-state index >= 15 is 0 Å². The summed E-state index contributed by atoms with van der Waals surface area (Å²) in [4.78, 5) is 24.0. The van der Waals surface area contributed by atoms with Gasteiger partial charge in [0.25, 0.3) is 0 Å². The number of esters is 1. The van der Waals surface area contributed by atoms with Crippen molar-refractivity contribution in [1.82, 2.24) is 0 Å². The largest absolute Gasteiger partial charge is 0.453 e. The average Bonchev–Trinajstić information content (AvgIpc) is 2.84. The fourth-order valence-electron chi connectivity index (χ4n) is 2.73. The predicted molar refractivity (Wildman–Crippen MR) is 88.4 cm³/mol. The molecule has 0 radical (unpaired) electrons. The number of carbonyl (C=O) groups excluding carboxylic acids is 2. The van der Waals surface area contributed by atoms with Crippen LogP contribution in [0.15, 0.2) is 48.5 Å². The van der Waals surface area contributed by atoms with Crippen LogP contribution in [-0.2, 0) is 9.53 Å². The number of cyclic esters (lactones) is 1. The molecule has 0 spiro atoms. The summed E-state index contributed by atoms with van der Waals surface area (Å²) in [5, 5.41) is 2.88. The summed E-state index contributed by atoms with van der Waals surface area (Å²) in [7, 11) is 0. The molecule has 1 N–H and O–H groups in total. The van der Waals surface area contributed by atoms with Crippen molar-refractivity contribution in [3.63, 3.8) is 0 Å². The Labute approximate surface area is 135 Å². The van der Waals surface area contributed by atoms with Crippen molar-refractivity contribution < 1.29 is 14.3 Å². The molecule has 0 aliphatic carbocycles. The van der Waals surface area contributed by atoms with Crippen LogP contribution in [0.25, 0.3) is 0 Å². The second-order valence-corrected chi connectivity index (χ2v) is 6.01. The number of amides is 1. The van der Waals surface area contributed by atoms with Crippen LogP contribution < -0.4 is 5.32 Å². The fourth-order valence-corrected chi connectivity index (χ4v) is 2.73. The SMILES string of the molecule is CC(C)c1cccc(NC(=O)C[C@@H]2OC(=O)c3ccccc32)c1. The highest BCUT2D eigenvalue weighted by Crippen LogP contribution is 2.33. The molecule has 1 amide bonds. The molecule has 23 heavy (non-hydrogen) atoms. The van der Waals surface area contributed by atoms with E-state index in [0.29, 0.717) is 11.5 Å². The summed E-state index contributed by atoms with van der Waals surface area (Å²) < 4.78 is 5.30. The van der Waals surface area contributed by atoms with Crippen LogP contribution in [0, 0.1) is 0 Å². The van der Waals surface area contributed by atoms with E-state index < -0.39 is 6.10 Å². The molecular weight excluding hydrogens is 290 g/mol. The predicted octanol–water partition coefficient (Wildman–Crippen LogP) is 4.05. The third-order valence-corrected chi connectivity index (χ3v) is 3.98. The maximum absolute atomic E-state index is 12.3. The quantitative estimate of drug-likeness (QED) is 0.867. The summed E-state index contributed by atoms with van der Waals surface area (Å²) in [5.41, 5.74) is 3.26. The van der Waals surface area contributed by atoms with Gasteiger partial charge in [0.15, 0.2) is 0 Å². The number of hydrogen-bond donors (Lipinski definition) is 1. The first kappa shape index (κ1) is 15.3. The Kier molecular flexibility index (Phi) is 4.15. The molecule has 4 nitrogen and oxygen atoms in total. The smallest absolute Gasteiger partial charge is 0.339 e. The van der Waals surface area contributed by atoms with Crippen LogP contribution in [0.3, 0.4) is 0 Å². The number of rotatable bonds is 4. The molecule has 1 aliphatic heterocycles. The Hall–Kier alpha value is -2.62. The molecule has 4 heteroatoms. The highest BCUT2D eigenvalue weighted by molar-refractivity contribution is 5.96. The number of benzene rings is 2. The Balaban J connectivity index is 1.69. The van der Waals surface area contributed by atoms with Gasteiger partial charge in [-0.05, 0) is 29.7 Å². The topological polar surface area (TPSA) is 55.4 Å². The second kappa shape index (κ2) is 6.24. The number of hydrogen-bond acceptors (Lipinski definition) is 3. The number of carbonyl (C=O) groups is 2. The van der Waals surface area contributed by atoms with Gasteiger partial charge in [-0.2, -0.15) is 0 Å². The number of anilines is 1. The normalized spacial score (nSPS) is 16.1. The maximum Gasteiger partial charge on any atom is 0.339 e. The van der Waals surface area contributed by atoms with E-state index in [1.807, 2.05) is 36.4 Å². The molecule has 2 aromatic rings. The second-order valence-electron chi connectivity index (χ2n) is 6.01. The van der Waals surface area contributed by atoms with Crippen LogP contribution in [0.1, 0.15) is 53.8 Å². The summed E-state index contributed by atoms with van der Waals surface area (Å²) in [6, 6.07) is 15.0. The number of ether oxygens (including phenoxy) is 1. The number of nitrogens with one attached hydrogen (secondary N) is 1. The lowest BCUT2D eigenvalue weighted by atomic mass is 10.0. The van der Waals surface area contributed by atoms with Gasteiger partial charge in [-0.25, -0.2) is 4.79 Å². The molecule has 118 valence electrons. The minimum Gasteiger partial charge on any atom is -0.453 e. The van der Waals surface area contributed by atoms with Crippen LogP contribution in [0.4, 0.5) is 5.69 Å². The Bertz CT molecular complexity index is 752. The zero-order valence-electron chi connectivity index (χ0n) is 13.2. The lowest BCUT2D eigenvalue weighted by molar-refractivity contribution is -0.118. The molecule has 0 bridgehead atoms. The van der Waals surface area contributed by atoms with Gasteiger partial charge in [0.05, 0.1) is 12.0 Å². The zero-order valence-corrected chi connectivity index (χ0v) is 13.2. The van der Waals surface area contributed by atoms with E-state index in [0.717, 1.165) is 11.3 Å². The summed E-state index contributed by atoms with van der Waals surface area (Å²) >= 11 is 0. The standard InChI is InChI=1S/C19H19NO3/c1-12(2)13-6-5-7-14(10-13)20-18(21)11-17-15-8-3-4-9-16(15)19(22)23-17/h3-10,12,17H,11H2,1-2H3,(H,20,21)/t17-/m0/s1. The van der Waals surface area contributed by atoms with Gasteiger partial charge in [0, 0.05) is 11.3 Å². The molecule has 1 atom stereocenters. The lowest BCUT2D eigenvalue weighted by Crippen LogP contribution is -2.16. The molecule has 0 saturated carbocycles. The molecule has 0 fully saturated rings. The third-order valence-electron chi connectivity index (χ3n) is 3.98. The highest BCUT2D eigenvalue weighted by Gasteiger charge is 2.31. The van der Waals surface area contributed by atoms with Gasteiger partial charge in [-0.3, -0.25) is 4.79 Å². The van der Waals surface area contributed by atoms with Crippen molar-refractivity contribution in [2.75, 3.05) is 5.32 Å². The first-order valence-corrected chi connectivity index (χ1v) is 7.74. The molecule has 0 aromatic heterocycles. The number of fused-ring (bicyclic) bond motifs is 1. The Morgan fingerprint density at radius 3 is 2.74 bits per heavy atom. The van der Waals surface area contributed by atoms with Gasteiger partial charge in [-0.1, -0.05) is 44.2 Å². The van der Waals surface area contributed by atoms with Crippen LogP contribution in [-0.4, -0.2) is 11.9 Å². The van der Waals surface area contributed by atoms with E-state index in [2.05, 4.69) is 19.2 Å². The molecule has 3 rings (SSSR count). The molecule has 0 saturated heterocycles. The Morgan fingerprint density at radius 1 is 1.17 bits per heavy atom. The maximum atomic E-state index is 12.3.